The van der Waals surface area contributed by atoms with Crippen LogP contribution in [0.1, 0.15) is 41.8 Å². The van der Waals surface area contributed by atoms with Crippen LogP contribution in [0.15, 0.2) is 21.9 Å². The Kier molecular flexibility index (Phi) is 5.03. The number of esters is 1. The smallest absolute Gasteiger partial charge is 0.374 e. The summed E-state index contributed by atoms with van der Waals surface area (Å²) in [5.74, 6) is 1.02. The molecule has 7 nitrogen and oxygen atoms in total. The monoisotopic (exact) mass is 310 g/mol. The summed E-state index contributed by atoms with van der Waals surface area (Å²) >= 11 is 1.48. The Bertz CT molecular complexity index is 621. The van der Waals surface area contributed by atoms with Crippen molar-refractivity contribution >= 4 is 17.7 Å². The Hall–Kier alpha value is -1.80. The predicted octanol–water partition coefficient (Wildman–Crippen LogP) is 1.99. The first kappa shape index (κ1) is 15.6. The van der Waals surface area contributed by atoms with E-state index in [1.165, 1.54) is 25.1 Å². The second kappa shape index (κ2) is 6.77. The minimum atomic E-state index is -0.483. The molecule has 0 aliphatic rings. The number of thioether (sulfide) groups is 1. The zero-order chi connectivity index (χ0) is 15.4. The number of carbonyl (C=O) groups is 1. The third-order valence-corrected chi connectivity index (χ3v) is 3.90. The van der Waals surface area contributed by atoms with Crippen LogP contribution in [0.25, 0.3) is 0 Å². The normalized spacial score (nSPS) is 11.1. The van der Waals surface area contributed by atoms with Gasteiger partial charge in [-0.05, 0) is 19.9 Å². The van der Waals surface area contributed by atoms with Crippen LogP contribution in [-0.2, 0) is 17.0 Å². The number of furan rings is 1. The lowest BCUT2D eigenvalue weighted by Crippen LogP contribution is -2.11. The minimum absolute atomic E-state index is 0.213. The van der Waals surface area contributed by atoms with Crippen LogP contribution >= 0.6 is 11.8 Å². The summed E-state index contributed by atoms with van der Waals surface area (Å²) in [4.78, 5) is 11.6. The number of aromatic nitrogens is 3. The zero-order valence-electron chi connectivity index (χ0n) is 12.2. The first-order valence-electron chi connectivity index (χ1n) is 6.49. The van der Waals surface area contributed by atoms with Gasteiger partial charge < -0.3 is 19.5 Å². The van der Waals surface area contributed by atoms with E-state index in [9.17, 15) is 4.79 Å². The Balaban J connectivity index is 2.16. The van der Waals surface area contributed by atoms with Crippen LogP contribution < -0.4 is 5.73 Å². The van der Waals surface area contributed by atoms with Crippen molar-refractivity contribution in [1.29, 1.82) is 0 Å². The van der Waals surface area contributed by atoms with E-state index in [0.29, 0.717) is 12.3 Å². The summed E-state index contributed by atoms with van der Waals surface area (Å²) in [6.45, 7) is 4.43. The second-order valence-electron chi connectivity index (χ2n) is 4.62. The number of nitrogens with two attached hydrogens (primary N) is 1. The van der Waals surface area contributed by atoms with Gasteiger partial charge in [0, 0.05) is 17.4 Å². The van der Waals surface area contributed by atoms with Crippen LogP contribution in [-0.4, -0.2) is 27.8 Å². The number of rotatable bonds is 6. The number of hydrogen-bond acceptors (Lipinski definition) is 7. The van der Waals surface area contributed by atoms with Crippen molar-refractivity contribution in [3.63, 3.8) is 0 Å². The first-order valence-corrected chi connectivity index (χ1v) is 7.48. The lowest BCUT2D eigenvalue weighted by molar-refractivity contribution is 0.0564. The van der Waals surface area contributed by atoms with Crippen molar-refractivity contribution < 1.29 is 13.9 Å². The van der Waals surface area contributed by atoms with Gasteiger partial charge in [0.2, 0.25) is 5.76 Å². The standard InChI is InChI=1S/C13H18N4O3S/c1-8(2)17-10(6-14)15-16-13(17)21-7-9-4-5-20-11(9)12(18)19-3/h4-5,8H,6-7,14H2,1-3H3. The molecular weight excluding hydrogens is 292 g/mol. The average Bonchev–Trinajstić information content (AvgIpc) is 3.10. The molecule has 0 radical (unpaired) electrons. The highest BCUT2D eigenvalue weighted by molar-refractivity contribution is 7.98. The van der Waals surface area contributed by atoms with Gasteiger partial charge in [-0.3, -0.25) is 0 Å². The fourth-order valence-electron chi connectivity index (χ4n) is 1.93. The second-order valence-corrected chi connectivity index (χ2v) is 5.56. The highest BCUT2D eigenvalue weighted by atomic mass is 32.2. The molecule has 2 heterocycles. The molecule has 2 rings (SSSR count). The first-order chi connectivity index (χ1) is 10.1. The number of nitrogens with zero attached hydrogens (tertiary/aromatic N) is 3. The van der Waals surface area contributed by atoms with Crippen molar-refractivity contribution in [2.75, 3.05) is 7.11 Å². The molecule has 0 aromatic carbocycles. The predicted molar refractivity (Wildman–Crippen MR) is 77.9 cm³/mol. The molecule has 0 atom stereocenters. The summed E-state index contributed by atoms with van der Waals surface area (Å²) in [7, 11) is 1.32. The molecular formula is C13H18N4O3S. The summed E-state index contributed by atoms with van der Waals surface area (Å²) in [6.07, 6.45) is 1.47. The molecule has 0 saturated heterocycles. The largest absolute Gasteiger partial charge is 0.463 e. The molecule has 0 aliphatic carbocycles. The van der Waals surface area contributed by atoms with Crippen molar-refractivity contribution in [2.24, 2.45) is 5.73 Å². The van der Waals surface area contributed by atoms with Gasteiger partial charge in [0.15, 0.2) is 5.16 Å². The highest BCUT2D eigenvalue weighted by Crippen LogP contribution is 2.26. The lowest BCUT2D eigenvalue weighted by atomic mass is 10.3. The SMILES string of the molecule is COC(=O)c1occc1CSc1nnc(CN)n1C(C)C. The van der Waals surface area contributed by atoms with Crippen molar-refractivity contribution in [3.8, 4) is 0 Å². The van der Waals surface area contributed by atoms with E-state index in [1.54, 1.807) is 6.07 Å². The van der Waals surface area contributed by atoms with E-state index in [1.807, 2.05) is 18.4 Å². The van der Waals surface area contributed by atoms with Crippen LogP contribution in [0.2, 0.25) is 0 Å². The molecule has 0 saturated carbocycles. The Morgan fingerprint density at radius 1 is 1.52 bits per heavy atom. The van der Waals surface area contributed by atoms with Crippen molar-refractivity contribution in [3.05, 3.63) is 29.5 Å². The van der Waals surface area contributed by atoms with Crippen LogP contribution in [0.3, 0.4) is 0 Å². The number of methoxy groups -OCH3 is 1. The molecule has 114 valence electrons. The van der Waals surface area contributed by atoms with Gasteiger partial charge >= 0.3 is 5.97 Å². The van der Waals surface area contributed by atoms with Gasteiger partial charge in [-0.15, -0.1) is 10.2 Å². The van der Waals surface area contributed by atoms with Gasteiger partial charge in [0.25, 0.3) is 0 Å². The third-order valence-electron chi connectivity index (χ3n) is 2.91. The van der Waals surface area contributed by atoms with E-state index in [-0.39, 0.29) is 11.8 Å². The fourth-order valence-corrected chi connectivity index (χ4v) is 2.99. The Labute approximate surface area is 126 Å². The van der Waals surface area contributed by atoms with E-state index in [4.69, 9.17) is 10.2 Å². The lowest BCUT2D eigenvalue weighted by Gasteiger charge is -2.12. The van der Waals surface area contributed by atoms with Gasteiger partial charge in [-0.25, -0.2) is 4.79 Å². The quantitative estimate of drug-likeness (QED) is 0.643. The molecule has 0 fully saturated rings. The molecule has 2 N–H and O–H groups in total. The highest BCUT2D eigenvalue weighted by Gasteiger charge is 2.18. The maximum Gasteiger partial charge on any atom is 0.374 e. The molecule has 8 heteroatoms. The third kappa shape index (κ3) is 3.27. The maximum absolute atomic E-state index is 11.6. The molecule has 0 unspecified atom stereocenters. The van der Waals surface area contributed by atoms with Gasteiger partial charge in [0.1, 0.15) is 5.82 Å². The molecule has 2 aromatic heterocycles. The fraction of sp³-hybridized carbons (Fsp3) is 0.462. The molecule has 21 heavy (non-hydrogen) atoms. The minimum Gasteiger partial charge on any atom is -0.463 e. The van der Waals surface area contributed by atoms with Gasteiger partial charge in [-0.2, -0.15) is 0 Å². The molecule has 0 bridgehead atoms. The average molecular weight is 310 g/mol. The summed E-state index contributed by atoms with van der Waals surface area (Å²) in [5, 5.41) is 9.00. The van der Waals surface area contributed by atoms with E-state index < -0.39 is 5.97 Å². The Morgan fingerprint density at radius 3 is 2.90 bits per heavy atom. The molecule has 2 aromatic rings. The van der Waals surface area contributed by atoms with Crippen LogP contribution in [0.4, 0.5) is 0 Å². The van der Waals surface area contributed by atoms with Gasteiger partial charge in [-0.1, -0.05) is 11.8 Å². The molecule has 0 amide bonds. The Morgan fingerprint density at radius 2 is 2.29 bits per heavy atom. The zero-order valence-corrected chi connectivity index (χ0v) is 13.0. The van der Waals surface area contributed by atoms with Crippen LogP contribution in [0, 0.1) is 0 Å². The molecule has 0 spiro atoms. The van der Waals surface area contributed by atoms with Crippen molar-refractivity contribution in [1.82, 2.24) is 14.8 Å². The van der Waals surface area contributed by atoms with Gasteiger partial charge in [0.05, 0.1) is 19.9 Å². The summed E-state index contributed by atoms with van der Waals surface area (Å²) in [6, 6.07) is 1.96. The van der Waals surface area contributed by atoms with Crippen LogP contribution in [0.5, 0.6) is 0 Å². The summed E-state index contributed by atoms with van der Waals surface area (Å²) in [5.41, 5.74) is 6.43. The number of ether oxygens (including phenoxy) is 1. The van der Waals surface area contributed by atoms with Crippen molar-refractivity contribution in [2.45, 2.75) is 37.3 Å². The molecule has 0 aliphatic heterocycles. The van der Waals surface area contributed by atoms with E-state index >= 15 is 0 Å². The van der Waals surface area contributed by atoms with E-state index in [2.05, 4.69) is 14.9 Å². The number of hydrogen-bond donors (Lipinski definition) is 1. The number of carbonyl (C=O) groups excluding carboxylic acids is 1. The topological polar surface area (TPSA) is 96.2 Å². The van der Waals surface area contributed by atoms with E-state index in [0.717, 1.165) is 16.5 Å². The maximum atomic E-state index is 11.6. The summed E-state index contributed by atoms with van der Waals surface area (Å²) < 4.78 is 11.8.